The predicted octanol–water partition coefficient (Wildman–Crippen LogP) is 6.71. The average Bonchev–Trinajstić information content (AvgIpc) is 2.70. The second-order valence-corrected chi connectivity index (χ2v) is 7.97. The maximum Gasteiger partial charge on any atom is 0.154 e. The van der Waals surface area contributed by atoms with Crippen LogP contribution in [0.4, 0.5) is 5.82 Å². The van der Waals surface area contributed by atoms with Crippen molar-refractivity contribution in [2.24, 2.45) is 5.73 Å². The molecule has 1 aliphatic carbocycles. The minimum absolute atomic E-state index is 0. The normalized spacial score (nSPS) is 18.0. The first-order valence-corrected chi connectivity index (χ1v) is 10.2. The highest BCUT2D eigenvalue weighted by atomic mass is 35.5. The van der Waals surface area contributed by atoms with E-state index in [4.69, 9.17) is 27.3 Å². The van der Waals surface area contributed by atoms with Crippen LogP contribution in [-0.4, -0.2) is 22.1 Å². The summed E-state index contributed by atoms with van der Waals surface area (Å²) < 4.78 is 0. The standard InChI is InChI=1S/C23H25ClN4.3ClH/c1-15-6-12-20-18(14-15)23(27-21-5-3-2-4-19(21)25)28-22(26-20)13-9-16-7-10-17(24)11-8-16;;;/h6-14,19,21H,2-5,25H2,1H3,(H,26,27,28);3*1H/b13-9+;;;/t19-,21-;;;/m0.../s1. The summed E-state index contributed by atoms with van der Waals surface area (Å²) in [5.41, 5.74) is 9.54. The van der Waals surface area contributed by atoms with Gasteiger partial charge < -0.3 is 11.1 Å². The molecule has 0 bridgehead atoms. The van der Waals surface area contributed by atoms with Gasteiger partial charge in [-0.25, -0.2) is 9.97 Å². The van der Waals surface area contributed by atoms with Crippen molar-refractivity contribution in [2.45, 2.75) is 44.7 Å². The number of hydrogen-bond acceptors (Lipinski definition) is 4. The van der Waals surface area contributed by atoms with Gasteiger partial charge in [-0.15, -0.1) is 37.2 Å². The molecule has 3 N–H and O–H groups in total. The number of fused-ring (bicyclic) bond motifs is 1. The number of halogens is 4. The zero-order valence-corrected chi connectivity index (χ0v) is 20.5. The Morgan fingerprint density at radius 3 is 2.39 bits per heavy atom. The number of aromatic nitrogens is 2. The van der Waals surface area contributed by atoms with E-state index >= 15 is 0 Å². The van der Waals surface area contributed by atoms with Crippen molar-refractivity contribution in [2.75, 3.05) is 5.32 Å². The minimum Gasteiger partial charge on any atom is -0.365 e. The van der Waals surface area contributed by atoms with Crippen molar-refractivity contribution in [3.63, 3.8) is 0 Å². The smallest absolute Gasteiger partial charge is 0.154 e. The Bertz CT molecular complexity index is 1010. The molecule has 4 rings (SSSR count). The lowest BCUT2D eigenvalue weighted by atomic mass is 9.91. The third-order valence-electron chi connectivity index (χ3n) is 5.30. The molecule has 3 aromatic rings. The number of nitrogens with two attached hydrogens (primary N) is 1. The highest BCUT2D eigenvalue weighted by Crippen LogP contribution is 2.26. The maximum atomic E-state index is 6.36. The molecule has 168 valence electrons. The van der Waals surface area contributed by atoms with Crippen LogP contribution in [0.2, 0.25) is 5.02 Å². The minimum atomic E-state index is 0. The molecule has 1 fully saturated rings. The van der Waals surface area contributed by atoms with Crippen molar-refractivity contribution in [1.82, 2.24) is 9.97 Å². The number of hydrogen-bond donors (Lipinski definition) is 2. The third kappa shape index (κ3) is 6.96. The van der Waals surface area contributed by atoms with Gasteiger partial charge in [0.2, 0.25) is 0 Å². The van der Waals surface area contributed by atoms with Gasteiger partial charge in [0.05, 0.1) is 5.52 Å². The van der Waals surface area contributed by atoms with E-state index in [1.165, 1.54) is 18.4 Å². The van der Waals surface area contributed by atoms with Gasteiger partial charge in [0.15, 0.2) is 5.82 Å². The Morgan fingerprint density at radius 2 is 1.68 bits per heavy atom. The first-order chi connectivity index (χ1) is 13.6. The number of benzene rings is 2. The third-order valence-corrected chi connectivity index (χ3v) is 5.56. The van der Waals surface area contributed by atoms with Crippen molar-refractivity contribution < 1.29 is 0 Å². The fourth-order valence-electron chi connectivity index (χ4n) is 3.70. The van der Waals surface area contributed by atoms with Gasteiger partial charge in [0, 0.05) is 22.5 Å². The van der Waals surface area contributed by atoms with Crippen molar-refractivity contribution in [3.8, 4) is 0 Å². The summed E-state index contributed by atoms with van der Waals surface area (Å²) in [7, 11) is 0. The van der Waals surface area contributed by atoms with Crippen LogP contribution in [0.3, 0.4) is 0 Å². The highest BCUT2D eigenvalue weighted by Gasteiger charge is 2.22. The number of rotatable bonds is 4. The summed E-state index contributed by atoms with van der Waals surface area (Å²) in [6, 6.07) is 14.4. The van der Waals surface area contributed by atoms with Crippen LogP contribution in [0.15, 0.2) is 42.5 Å². The number of nitrogens with one attached hydrogen (secondary N) is 1. The zero-order valence-electron chi connectivity index (χ0n) is 17.3. The summed E-state index contributed by atoms with van der Waals surface area (Å²) in [6.45, 7) is 2.09. The van der Waals surface area contributed by atoms with E-state index < -0.39 is 0 Å². The van der Waals surface area contributed by atoms with Crippen LogP contribution in [0.1, 0.15) is 42.6 Å². The lowest BCUT2D eigenvalue weighted by Gasteiger charge is -2.30. The first-order valence-electron chi connectivity index (χ1n) is 9.83. The predicted molar refractivity (Wildman–Crippen MR) is 140 cm³/mol. The van der Waals surface area contributed by atoms with Crippen molar-refractivity contribution in [3.05, 3.63) is 64.4 Å². The second-order valence-electron chi connectivity index (χ2n) is 7.54. The van der Waals surface area contributed by atoms with Gasteiger partial charge in [-0.1, -0.05) is 54.3 Å². The van der Waals surface area contributed by atoms with Gasteiger partial charge in [0.25, 0.3) is 0 Å². The van der Waals surface area contributed by atoms with Gasteiger partial charge in [0.1, 0.15) is 5.82 Å². The fraction of sp³-hybridized carbons (Fsp3) is 0.304. The maximum absolute atomic E-state index is 6.36. The SMILES string of the molecule is Cc1ccc2nc(/C=C/c3ccc(Cl)cc3)nc(N[C@H]3CCCC[C@@H]3N)c2c1.Cl.Cl.Cl. The summed E-state index contributed by atoms with van der Waals surface area (Å²) >= 11 is 5.96. The number of anilines is 1. The van der Waals surface area contributed by atoms with Gasteiger partial charge in [-0.3, -0.25) is 0 Å². The van der Waals surface area contributed by atoms with E-state index in [2.05, 4.69) is 30.4 Å². The summed E-state index contributed by atoms with van der Waals surface area (Å²) in [6.07, 6.45) is 8.49. The molecular formula is C23H28Cl4N4. The second kappa shape index (κ2) is 12.5. The number of aryl methyl sites for hydroxylation is 1. The van der Waals surface area contributed by atoms with E-state index in [-0.39, 0.29) is 49.3 Å². The average molecular weight is 502 g/mol. The van der Waals surface area contributed by atoms with E-state index in [0.717, 1.165) is 40.1 Å². The van der Waals surface area contributed by atoms with Crippen molar-refractivity contribution in [1.29, 1.82) is 0 Å². The summed E-state index contributed by atoms with van der Waals surface area (Å²) in [4.78, 5) is 9.54. The zero-order chi connectivity index (χ0) is 19.5. The molecule has 1 aromatic heterocycles. The number of nitrogens with zero attached hydrogens (tertiary/aromatic N) is 2. The molecule has 0 spiro atoms. The molecule has 31 heavy (non-hydrogen) atoms. The summed E-state index contributed by atoms with van der Waals surface area (Å²) in [5.74, 6) is 1.55. The lowest BCUT2D eigenvalue weighted by molar-refractivity contribution is 0.403. The largest absolute Gasteiger partial charge is 0.365 e. The molecule has 2 aromatic carbocycles. The Morgan fingerprint density at radius 1 is 0.968 bits per heavy atom. The molecule has 1 aliphatic rings. The van der Waals surface area contributed by atoms with E-state index in [0.29, 0.717) is 5.82 Å². The van der Waals surface area contributed by atoms with Crippen LogP contribution in [0, 0.1) is 6.92 Å². The summed E-state index contributed by atoms with van der Waals surface area (Å²) in [5, 5.41) is 5.39. The van der Waals surface area contributed by atoms with E-state index in [1.807, 2.05) is 36.4 Å². The Balaban J connectivity index is 0.00000160. The van der Waals surface area contributed by atoms with Gasteiger partial charge in [-0.05, 0) is 55.7 Å². The van der Waals surface area contributed by atoms with Crippen LogP contribution in [0.25, 0.3) is 23.1 Å². The Labute approximate surface area is 207 Å². The van der Waals surface area contributed by atoms with Crippen LogP contribution in [0.5, 0.6) is 0 Å². The lowest BCUT2D eigenvalue weighted by Crippen LogP contribution is -2.42. The molecule has 8 heteroatoms. The molecule has 0 radical (unpaired) electrons. The first kappa shape index (κ1) is 27.5. The molecular weight excluding hydrogens is 474 g/mol. The fourth-order valence-corrected chi connectivity index (χ4v) is 3.83. The van der Waals surface area contributed by atoms with E-state index in [9.17, 15) is 0 Å². The van der Waals surface area contributed by atoms with Gasteiger partial charge >= 0.3 is 0 Å². The van der Waals surface area contributed by atoms with Crippen LogP contribution >= 0.6 is 48.8 Å². The topological polar surface area (TPSA) is 63.8 Å². The molecule has 2 atom stereocenters. The molecule has 1 heterocycles. The molecule has 4 nitrogen and oxygen atoms in total. The Hall–Kier alpha value is -1.56. The Kier molecular flexibility index (Phi) is 11.1. The molecule has 0 amide bonds. The molecule has 0 aliphatic heterocycles. The monoisotopic (exact) mass is 500 g/mol. The van der Waals surface area contributed by atoms with Crippen LogP contribution in [-0.2, 0) is 0 Å². The van der Waals surface area contributed by atoms with Crippen molar-refractivity contribution >= 4 is 77.7 Å². The quantitative estimate of drug-likeness (QED) is 0.417. The molecule has 1 saturated carbocycles. The molecule has 0 saturated heterocycles. The van der Waals surface area contributed by atoms with Crippen LogP contribution < -0.4 is 11.1 Å². The van der Waals surface area contributed by atoms with E-state index in [1.54, 1.807) is 0 Å². The molecule has 0 unspecified atom stereocenters. The van der Waals surface area contributed by atoms with Gasteiger partial charge in [-0.2, -0.15) is 0 Å². The highest BCUT2D eigenvalue weighted by molar-refractivity contribution is 6.30.